The summed E-state index contributed by atoms with van der Waals surface area (Å²) in [7, 11) is 0. The summed E-state index contributed by atoms with van der Waals surface area (Å²) < 4.78 is 11.8. The molecule has 0 radical (unpaired) electrons. The van der Waals surface area contributed by atoms with Crippen molar-refractivity contribution in [3.05, 3.63) is 59.0 Å². The lowest BCUT2D eigenvalue weighted by Crippen LogP contribution is -2.06. The first kappa shape index (κ1) is 18.1. The van der Waals surface area contributed by atoms with Gasteiger partial charge in [-0.3, -0.25) is 0 Å². The molecule has 0 aliphatic heterocycles. The molecule has 1 unspecified atom stereocenters. The van der Waals surface area contributed by atoms with Crippen molar-refractivity contribution < 1.29 is 14.3 Å². The smallest absolute Gasteiger partial charge is 0.191 e. The number of aromatic nitrogens is 1. The molecule has 4 heteroatoms. The Balaban J connectivity index is 2.13. The van der Waals surface area contributed by atoms with Gasteiger partial charge in [-0.25, -0.2) is 4.98 Å². The molecule has 0 fully saturated rings. The number of rotatable bonds is 7. The van der Waals surface area contributed by atoms with E-state index in [0.29, 0.717) is 18.2 Å². The van der Waals surface area contributed by atoms with Crippen molar-refractivity contribution in [2.45, 2.75) is 59.5 Å². The van der Waals surface area contributed by atoms with E-state index >= 15 is 0 Å². The first-order chi connectivity index (χ1) is 11.3. The molecule has 2 rings (SSSR count). The van der Waals surface area contributed by atoms with Crippen molar-refractivity contribution in [3.63, 3.8) is 0 Å². The summed E-state index contributed by atoms with van der Waals surface area (Å²) in [6.07, 6.45) is 1.15. The van der Waals surface area contributed by atoms with Gasteiger partial charge < -0.3 is 14.3 Å². The number of aryl methyl sites for hydroxylation is 3. The maximum Gasteiger partial charge on any atom is 0.191 e. The predicted octanol–water partition coefficient (Wildman–Crippen LogP) is 5.56. The van der Waals surface area contributed by atoms with Crippen molar-refractivity contribution >= 4 is 0 Å². The summed E-state index contributed by atoms with van der Waals surface area (Å²) in [5, 5.41) is 9.24. The van der Waals surface area contributed by atoms with Crippen LogP contribution < -0.4 is 4.74 Å². The maximum absolute atomic E-state index is 9.24. The lowest BCUT2D eigenvalue weighted by Gasteiger charge is -2.16. The van der Waals surface area contributed by atoms with Crippen molar-refractivity contribution in [3.8, 4) is 5.75 Å². The summed E-state index contributed by atoms with van der Waals surface area (Å²) in [5.74, 6) is 2.76. The second-order valence-electron chi connectivity index (χ2n) is 6.55. The van der Waals surface area contributed by atoms with Crippen molar-refractivity contribution in [1.82, 2.24) is 4.98 Å². The number of aliphatic hydroxyl groups is 1. The molecule has 0 bridgehead atoms. The summed E-state index contributed by atoms with van der Waals surface area (Å²) in [4.78, 5) is 4.47. The van der Waals surface area contributed by atoms with Crippen LogP contribution in [-0.4, -0.2) is 10.1 Å². The number of allylic oxidation sites excluding steroid dienone is 1. The second-order valence-corrected chi connectivity index (χ2v) is 6.55. The maximum atomic E-state index is 9.24. The van der Waals surface area contributed by atoms with Crippen LogP contribution in [0.25, 0.3) is 0 Å². The van der Waals surface area contributed by atoms with E-state index in [4.69, 9.17) is 9.15 Å². The van der Waals surface area contributed by atoms with Gasteiger partial charge in [-0.05, 0) is 49.4 Å². The molecule has 0 spiro atoms. The Morgan fingerprint density at radius 2 is 2.00 bits per heavy atom. The molecule has 2 aromatic rings. The van der Waals surface area contributed by atoms with Gasteiger partial charge in [0.25, 0.3) is 0 Å². The quantitative estimate of drug-likeness (QED) is 0.676. The normalized spacial score (nSPS) is 12.4. The molecular weight excluding hydrogens is 302 g/mol. The Labute approximate surface area is 144 Å². The molecule has 0 amide bonds. The van der Waals surface area contributed by atoms with Crippen LogP contribution in [0.15, 0.2) is 35.0 Å². The molecular formula is C20H27NO3. The highest BCUT2D eigenvalue weighted by molar-refractivity contribution is 5.35. The molecule has 1 heterocycles. The van der Waals surface area contributed by atoms with Crippen LogP contribution in [0.2, 0.25) is 0 Å². The number of aliphatic hydroxyl groups excluding tert-OH is 1. The van der Waals surface area contributed by atoms with E-state index in [9.17, 15) is 5.11 Å². The van der Waals surface area contributed by atoms with Gasteiger partial charge >= 0.3 is 0 Å². The van der Waals surface area contributed by atoms with Crippen molar-refractivity contribution in [2.24, 2.45) is 0 Å². The van der Waals surface area contributed by atoms with E-state index in [1.165, 1.54) is 5.56 Å². The minimum atomic E-state index is -0.203. The Bertz CT molecular complexity index is 716. The molecule has 0 aliphatic rings. The van der Waals surface area contributed by atoms with Crippen LogP contribution in [0.3, 0.4) is 0 Å². The highest BCUT2D eigenvalue weighted by Crippen LogP contribution is 2.30. The average molecular weight is 329 g/mol. The van der Waals surface area contributed by atoms with Gasteiger partial charge in [0.05, 0.1) is 11.5 Å². The number of nitrogens with zero attached hydrogens (tertiary/aromatic N) is 1. The Kier molecular flexibility index (Phi) is 5.71. The minimum absolute atomic E-state index is 0.203. The SMILES string of the molecule is C=C(O)CCc1ccc(OC(C)c2oc(C)nc2C(C)C)cc1C. The van der Waals surface area contributed by atoms with Gasteiger partial charge in [-0.2, -0.15) is 0 Å². The Morgan fingerprint density at radius 3 is 2.58 bits per heavy atom. The van der Waals surface area contributed by atoms with Crippen molar-refractivity contribution in [1.29, 1.82) is 0 Å². The zero-order chi connectivity index (χ0) is 17.9. The van der Waals surface area contributed by atoms with Crippen LogP contribution in [0, 0.1) is 13.8 Å². The third-order valence-corrected chi connectivity index (χ3v) is 4.01. The molecule has 130 valence electrons. The number of oxazole rings is 1. The fourth-order valence-corrected chi connectivity index (χ4v) is 2.72. The van der Waals surface area contributed by atoms with Gasteiger partial charge in [0, 0.05) is 13.3 Å². The van der Waals surface area contributed by atoms with Gasteiger partial charge in [0.2, 0.25) is 0 Å². The molecule has 1 aromatic carbocycles. The fraction of sp³-hybridized carbons (Fsp3) is 0.450. The van der Waals surface area contributed by atoms with E-state index < -0.39 is 0 Å². The first-order valence-corrected chi connectivity index (χ1v) is 8.38. The Morgan fingerprint density at radius 1 is 1.29 bits per heavy atom. The van der Waals surface area contributed by atoms with E-state index in [2.05, 4.69) is 25.4 Å². The largest absolute Gasteiger partial charge is 0.513 e. The van der Waals surface area contributed by atoms with Crippen LogP contribution >= 0.6 is 0 Å². The summed E-state index contributed by atoms with van der Waals surface area (Å²) in [6.45, 7) is 13.6. The van der Waals surface area contributed by atoms with E-state index in [-0.39, 0.29) is 11.9 Å². The highest BCUT2D eigenvalue weighted by atomic mass is 16.5. The average Bonchev–Trinajstić information content (AvgIpc) is 2.88. The first-order valence-electron chi connectivity index (χ1n) is 8.38. The van der Waals surface area contributed by atoms with E-state index in [1.807, 2.05) is 39.0 Å². The number of benzene rings is 1. The summed E-state index contributed by atoms with van der Waals surface area (Å²) >= 11 is 0. The molecule has 1 atom stereocenters. The topological polar surface area (TPSA) is 55.5 Å². The lowest BCUT2D eigenvalue weighted by atomic mass is 10.0. The number of ether oxygens (including phenoxy) is 1. The molecule has 0 aliphatic carbocycles. The zero-order valence-corrected chi connectivity index (χ0v) is 15.2. The van der Waals surface area contributed by atoms with Crippen molar-refractivity contribution in [2.75, 3.05) is 0 Å². The molecule has 0 saturated carbocycles. The third-order valence-electron chi connectivity index (χ3n) is 4.01. The summed E-state index contributed by atoms with van der Waals surface area (Å²) in [5.41, 5.74) is 3.28. The van der Waals surface area contributed by atoms with Gasteiger partial charge in [-0.1, -0.05) is 26.5 Å². The number of hydrogen-bond donors (Lipinski definition) is 1. The standard InChI is InChI=1S/C20H27NO3/c1-12(2)19-20(24-16(6)21-19)15(5)23-18-10-9-17(13(3)11-18)8-7-14(4)22/h9-12,15,22H,4,7-8H2,1-3,5-6H3. The molecule has 24 heavy (non-hydrogen) atoms. The van der Waals surface area contributed by atoms with Gasteiger partial charge in [0.1, 0.15) is 5.75 Å². The molecule has 1 aromatic heterocycles. The minimum Gasteiger partial charge on any atom is -0.513 e. The monoisotopic (exact) mass is 329 g/mol. The van der Waals surface area contributed by atoms with Crippen LogP contribution in [0.4, 0.5) is 0 Å². The molecule has 4 nitrogen and oxygen atoms in total. The predicted molar refractivity (Wildman–Crippen MR) is 95.6 cm³/mol. The fourth-order valence-electron chi connectivity index (χ4n) is 2.72. The van der Waals surface area contributed by atoms with Crippen LogP contribution in [0.5, 0.6) is 5.75 Å². The van der Waals surface area contributed by atoms with E-state index in [0.717, 1.165) is 29.2 Å². The van der Waals surface area contributed by atoms with Crippen LogP contribution in [0.1, 0.15) is 67.7 Å². The highest BCUT2D eigenvalue weighted by Gasteiger charge is 2.21. The molecule has 1 N–H and O–H groups in total. The zero-order valence-electron chi connectivity index (χ0n) is 15.2. The van der Waals surface area contributed by atoms with Crippen LogP contribution in [-0.2, 0) is 6.42 Å². The summed E-state index contributed by atoms with van der Waals surface area (Å²) in [6, 6.07) is 6.01. The Hall–Kier alpha value is -2.23. The lowest BCUT2D eigenvalue weighted by molar-refractivity contribution is 0.191. The van der Waals surface area contributed by atoms with Gasteiger partial charge in [0.15, 0.2) is 17.8 Å². The van der Waals surface area contributed by atoms with E-state index in [1.54, 1.807) is 0 Å². The van der Waals surface area contributed by atoms with Gasteiger partial charge in [-0.15, -0.1) is 0 Å². The third kappa shape index (κ3) is 4.40. The second kappa shape index (κ2) is 7.56. The molecule has 0 saturated heterocycles. The number of hydrogen-bond acceptors (Lipinski definition) is 4.